The van der Waals surface area contributed by atoms with Crippen LogP contribution in [0.3, 0.4) is 0 Å². The molecule has 0 radical (unpaired) electrons. The molecule has 0 heterocycles. The van der Waals surface area contributed by atoms with E-state index in [0.29, 0.717) is 0 Å². The summed E-state index contributed by atoms with van der Waals surface area (Å²) in [6, 6.07) is -0.0750. The quantitative estimate of drug-likeness (QED) is 0.685. The molecule has 4 heteroatoms. The number of urea groups is 1. The van der Waals surface area contributed by atoms with Gasteiger partial charge in [0.05, 0.1) is 0 Å². The predicted octanol–water partition coefficient (Wildman–Crippen LogP) is 2.48. The average Bonchev–Trinajstić information content (AvgIpc) is 2.90. The van der Waals surface area contributed by atoms with Gasteiger partial charge >= 0.3 is 6.03 Å². The van der Waals surface area contributed by atoms with Gasteiger partial charge in [0, 0.05) is 12.7 Å². The largest absolute Gasteiger partial charge is 0.338 e. The van der Waals surface area contributed by atoms with Gasteiger partial charge in [0.1, 0.15) is 0 Å². The first kappa shape index (κ1) is 15.0. The van der Waals surface area contributed by atoms with Gasteiger partial charge in [-0.15, -0.1) is 0 Å². The lowest BCUT2D eigenvalue weighted by atomic mass is 10.2. The van der Waals surface area contributed by atoms with E-state index in [9.17, 15) is 4.79 Å². The number of carbonyl (C=O) groups is 1. The van der Waals surface area contributed by atoms with Crippen molar-refractivity contribution in [1.82, 2.24) is 15.5 Å². The van der Waals surface area contributed by atoms with Crippen LogP contribution in [0.5, 0.6) is 0 Å². The lowest BCUT2D eigenvalue weighted by Gasteiger charge is -2.17. The minimum absolute atomic E-state index is 0.0750. The summed E-state index contributed by atoms with van der Waals surface area (Å²) < 4.78 is 0. The Morgan fingerprint density at radius 3 is 2.56 bits per heavy atom. The molecular formula is C14H27N3O. The van der Waals surface area contributed by atoms with E-state index in [1.807, 2.05) is 6.20 Å². The zero-order valence-corrected chi connectivity index (χ0v) is 11.8. The van der Waals surface area contributed by atoms with Crippen molar-refractivity contribution < 1.29 is 4.79 Å². The molecule has 1 rings (SSSR count). The summed E-state index contributed by atoms with van der Waals surface area (Å²) in [6.07, 6.45) is 7.70. The Hall–Kier alpha value is -1.03. The van der Waals surface area contributed by atoms with Crippen molar-refractivity contribution in [1.29, 1.82) is 0 Å². The lowest BCUT2D eigenvalue weighted by molar-refractivity contribution is 0.242. The maximum Gasteiger partial charge on any atom is 0.318 e. The van der Waals surface area contributed by atoms with Crippen LogP contribution < -0.4 is 10.6 Å². The fraction of sp³-hybridized carbons (Fsp3) is 0.786. The highest BCUT2D eigenvalue weighted by Crippen LogP contribution is 2.22. The Balaban J connectivity index is 2.04. The zero-order chi connectivity index (χ0) is 13.2. The molecule has 1 aliphatic rings. The molecule has 0 unspecified atom stereocenters. The van der Waals surface area contributed by atoms with Crippen molar-refractivity contribution in [3.63, 3.8) is 0 Å². The Labute approximate surface area is 111 Å². The molecular weight excluding hydrogens is 226 g/mol. The molecule has 1 aliphatic carbocycles. The normalized spacial score (nSPS) is 14.9. The SMILES string of the molecule is CCN(CC)CCCNC(=O)NC=C1CCCC1. The van der Waals surface area contributed by atoms with Crippen LogP contribution in [0.2, 0.25) is 0 Å². The van der Waals surface area contributed by atoms with Crippen molar-refractivity contribution in [3.05, 3.63) is 11.8 Å². The summed E-state index contributed by atoms with van der Waals surface area (Å²) in [4.78, 5) is 13.9. The van der Waals surface area contributed by atoms with E-state index in [4.69, 9.17) is 0 Å². The molecule has 0 saturated heterocycles. The molecule has 0 bridgehead atoms. The third-order valence-electron chi connectivity index (χ3n) is 3.48. The summed E-state index contributed by atoms with van der Waals surface area (Å²) in [5.74, 6) is 0. The van der Waals surface area contributed by atoms with Gasteiger partial charge in [0.25, 0.3) is 0 Å². The molecule has 0 spiro atoms. The molecule has 2 amide bonds. The minimum atomic E-state index is -0.0750. The highest BCUT2D eigenvalue weighted by molar-refractivity contribution is 5.74. The van der Waals surface area contributed by atoms with E-state index in [0.717, 1.165) is 45.4 Å². The first-order chi connectivity index (χ1) is 8.76. The van der Waals surface area contributed by atoms with Gasteiger partial charge in [-0.2, -0.15) is 0 Å². The summed E-state index contributed by atoms with van der Waals surface area (Å²) in [7, 11) is 0. The summed E-state index contributed by atoms with van der Waals surface area (Å²) >= 11 is 0. The number of hydrogen-bond acceptors (Lipinski definition) is 2. The fourth-order valence-electron chi connectivity index (χ4n) is 2.24. The Bertz CT molecular complexity index is 264. The van der Waals surface area contributed by atoms with Gasteiger partial charge < -0.3 is 15.5 Å². The third kappa shape index (κ3) is 6.05. The van der Waals surface area contributed by atoms with Crippen LogP contribution in [0.25, 0.3) is 0 Å². The Morgan fingerprint density at radius 1 is 1.28 bits per heavy atom. The van der Waals surface area contributed by atoms with E-state index in [1.165, 1.54) is 18.4 Å². The Morgan fingerprint density at radius 2 is 1.94 bits per heavy atom. The number of nitrogens with one attached hydrogen (secondary N) is 2. The second kappa shape index (κ2) is 8.97. The molecule has 18 heavy (non-hydrogen) atoms. The number of rotatable bonds is 7. The fourth-order valence-corrected chi connectivity index (χ4v) is 2.24. The van der Waals surface area contributed by atoms with Gasteiger partial charge in [0.2, 0.25) is 0 Å². The first-order valence-corrected chi connectivity index (χ1v) is 7.21. The zero-order valence-electron chi connectivity index (χ0n) is 11.8. The van der Waals surface area contributed by atoms with Crippen LogP contribution in [0, 0.1) is 0 Å². The average molecular weight is 253 g/mol. The van der Waals surface area contributed by atoms with Crippen LogP contribution in [0.15, 0.2) is 11.8 Å². The van der Waals surface area contributed by atoms with E-state index in [-0.39, 0.29) is 6.03 Å². The number of hydrogen-bond donors (Lipinski definition) is 2. The molecule has 1 fully saturated rings. The molecule has 0 atom stereocenters. The molecule has 0 aliphatic heterocycles. The minimum Gasteiger partial charge on any atom is -0.338 e. The van der Waals surface area contributed by atoms with Crippen LogP contribution in [0.1, 0.15) is 46.0 Å². The Kier molecular flexibility index (Phi) is 7.49. The van der Waals surface area contributed by atoms with Crippen molar-refractivity contribution >= 4 is 6.03 Å². The standard InChI is InChI=1S/C14H27N3O/c1-3-17(4-2)11-7-10-15-14(18)16-12-13-8-5-6-9-13/h12H,3-11H2,1-2H3,(H2,15,16,18). The van der Waals surface area contributed by atoms with E-state index in [1.54, 1.807) is 0 Å². The molecule has 0 aromatic rings. The van der Waals surface area contributed by atoms with Crippen molar-refractivity contribution in [2.24, 2.45) is 0 Å². The van der Waals surface area contributed by atoms with Gasteiger partial charge in [0.15, 0.2) is 0 Å². The van der Waals surface area contributed by atoms with Crippen LogP contribution >= 0.6 is 0 Å². The molecule has 0 aromatic carbocycles. The van der Waals surface area contributed by atoms with Gasteiger partial charge in [-0.1, -0.05) is 19.4 Å². The predicted molar refractivity (Wildman–Crippen MR) is 75.5 cm³/mol. The van der Waals surface area contributed by atoms with Crippen molar-refractivity contribution in [2.45, 2.75) is 46.0 Å². The van der Waals surface area contributed by atoms with Gasteiger partial charge in [-0.25, -0.2) is 4.79 Å². The van der Waals surface area contributed by atoms with E-state index >= 15 is 0 Å². The van der Waals surface area contributed by atoms with E-state index in [2.05, 4.69) is 29.4 Å². The number of nitrogens with zero attached hydrogens (tertiary/aromatic N) is 1. The van der Waals surface area contributed by atoms with E-state index < -0.39 is 0 Å². The smallest absolute Gasteiger partial charge is 0.318 e. The topological polar surface area (TPSA) is 44.4 Å². The molecule has 104 valence electrons. The summed E-state index contributed by atoms with van der Waals surface area (Å²) in [6.45, 7) is 8.28. The monoisotopic (exact) mass is 253 g/mol. The van der Waals surface area contributed by atoms with Gasteiger partial charge in [-0.05, 0) is 51.7 Å². The first-order valence-electron chi connectivity index (χ1n) is 7.21. The van der Waals surface area contributed by atoms with Crippen molar-refractivity contribution in [2.75, 3.05) is 26.2 Å². The molecule has 0 aromatic heterocycles. The lowest BCUT2D eigenvalue weighted by Crippen LogP contribution is -2.35. The highest BCUT2D eigenvalue weighted by atomic mass is 16.2. The third-order valence-corrected chi connectivity index (χ3v) is 3.48. The molecule has 4 nitrogen and oxygen atoms in total. The van der Waals surface area contributed by atoms with Crippen molar-refractivity contribution in [3.8, 4) is 0 Å². The second-order valence-electron chi connectivity index (χ2n) is 4.79. The maximum atomic E-state index is 11.5. The van der Waals surface area contributed by atoms with Crippen LogP contribution in [-0.2, 0) is 0 Å². The number of carbonyl (C=O) groups excluding carboxylic acids is 1. The second-order valence-corrected chi connectivity index (χ2v) is 4.79. The maximum absolute atomic E-state index is 11.5. The summed E-state index contributed by atoms with van der Waals surface area (Å²) in [5.41, 5.74) is 1.37. The van der Waals surface area contributed by atoms with Crippen LogP contribution in [0.4, 0.5) is 4.79 Å². The van der Waals surface area contributed by atoms with Gasteiger partial charge in [-0.3, -0.25) is 0 Å². The summed E-state index contributed by atoms with van der Waals surface area (Å²) in [5, 5.41) is 5.70. The molecule has 1 saturated carbocycles. The number of allylic oxidation sites excluding steroid dienone is 1. The van der Waals surface area contributed by atoms with Crippen LogP contribution in [-0.4, -0.2) is 37.1 Å². The molecule has 2 N–H and O–H groups in total. The number of amides is 2. The highest BCUT2D eigenvalue weighted by Gasteiger charge is 2.06.